The summed E-state index contributed by atoms with van der Waals surface area (Å²) in [7, 11) is 1.29. The van der Waals surface area contributed by atoms with Crippen LogP contribution in [0.2, 0.25) is 5.02 Å². The molecule has 1 aliphatic heterocycles. The summed E-state index contributed by atoms with van der Waals surface area (Å²) in [5.74, 6) is -0.0413. The maximum absolute atomic E-state index is 12.9. The van der Waals surface area contributed by atoms with Gasteiger partial charge in [-0.25, -0.2) is 0 Å². The van der Waals surface area contributed by atoms with Gasteiger partial charge in [-0.05, 0) is 6.07 Å². The molecule has 4 rings (SSSR count). The average Bonchev–Trinajstić information content (AvgIpc) is 3.11. The number of hydrogen-bond donors (Lipinski definition) is 0. The summed E-state index contributed by atoms with van der Waals surface area (Å²) in [4.78, 5) is 39.5. The number of thiazole rings is 1. The lowest BCUT2D eigenvalue weighted by molar-refractivity contribution is -0.384. The van der Waals surface area contributed by atoms with Gasteiger partial charge in [-0.15, -0.1) is 0 Å². The number of rotatable bonds is 5. The van der Waals surface area contributed by atoms with Gasteiger partial charge < -0.3 is 18.8 Å². The van der Waals surface area contributed by atoms with Crippen LogP contribution in [0.25, 0.3) is 10.2 Å². The molecule has 2 heterocycles. The Morgan fingerprint density at radius 1 is 1.25 bits per heavy atom. The third-order valence-corrected chi connectivity index (χ3v) is 6.07. The predicted molar refractivity (Wildman–Crippen MR) is 115 cm³/mol. The zero-order valence-corrected chi connectivity index (χ0v) is 18.3. The first kappa shape index (κ1) is 21.8. The number of nitro groups is 1. The lowest BCUT2D eigenvalue weighted by Gasteiger charge is -2.18. The van der Waals surface area contributed by atoms with Crippen LogP contribution >= 0.6 is 22.9 Å². The number of aryl methyl sites for hydroxylation is 1. The largest absolute Gasteiger partial charge is 0.486 e. The van der Waals surface area contributed by atoms with Gasteiger partial charge in [0.1, 0.15) is 13.2 Å². The van der Waals surface area contributed by atoms with Crippen molar-refractivity contribution in [2.75, 3.05) is 20.3 Å². The van der Waals surface area contributed by atoms with Gasteiger partial charge in [-0.1, -0.05) is 22.9 Å². The number of benzene rings is 2. The van der Waals surface area contributed by atoms with E-state index in [-0.39, 0.29) is 29.2 Å². The van der Waals surface area contributed by atoms with E-state index < -0.39 is 16.8 Å². The second-order valence-electron chi connectivity index (χ2n) is 6.66. The smallest absolute Gasteiger partial charge is 0.307 e. The Bertz CT molecular complexity index is 1310. The maximum Gasteiger partial charge on any atom is 0.307 e. The molecule has 3 aromatic rings. The van der Waals surface area contributed by atoms with Gasteiger partial charge in [0.2, 0.25) is 0 Å². The molecule has 1 amide bonds. The van der Waals surface area contributed by atoms with E-state index in [9.17, 15) is 19.7 Å². The number of hydrogen-bond acceptors (Lipinski definition) is 8. The Labute approximate surface area is 189 Å². The molecule has 0 unspecified atom stereocenters. The maximum atomic E-state index is 12.9. The minimum Gasteiger partial charge on any atom is -0.486 e. The number of amides is 1. The Morgan fingerprint density at radius 3 is 2.66 bits per heavy atom. The van der Waals surface area contributed by atoms with Gasteiger partial charge in [0.05, 0.1) is 39.3 Å². The van der Waals surface area contributed by atoms with Crippen molar-refractivity contribution in [3.63, 3.8) is 0 Å². The highest BCUT2D eigenvalue weighted by molar-refractivity contribution is 7.16. The molecule has 0 atom stereocenters. The van der Waals surface area contributed by atoms with Crippen molar-refractivity contribution < 1.29 is 28.7 Å². The number of carbonyl (C=O) groups is 2. The van der Waals surface area contributed by atoms with Crippen LogP contribution in [0.15, 0.2) is 35.3 Å². The number of nitrogens with zero attached hydrogens (tertiary/aromatic N) is 3. The van der Waals surface area contributed by atoms with Gasteiger partial charge in [-0.3, -0.25) is 19.7 Å². The van der Waals surface area contributed by atoms with Crippen LogP contribution < -0.4 is 14.3 Å². The summed E-state index contributed by atoms with van der Waals surface area (Å²) in [5, 5.41) is 11.1. The molecular weight excluding hydrogens is 462 g/mol. The highest BCUT2D eigenvalue weighted by atomic mass is 35.5. The van der Waals surface area contributed by atoms with Crippen LogP contribution in [0, 0.1) is 10.1 Å². The van der Waals surface area contributed by atoms with Crippen molar-refractivity contribution in [1.29, 1.82) is 0 Å². The molecule has 166 valence electrons. The minimum absolute atomic E-state index is 0.0452. The number of methoxy groups -OCH3 is 1. The summed E-state index contributed by atoms with van der Waals surface area (Å²) in [6, 6.07) is 7.12. The van der Waals surface area contributed by atoms with Crippen molar-refractivity contribution in [3.8, 4) is 11.5 Å². The van der Waals surface area contributed by atoms with E-state index in [1.54, 1.807) is 16.7 Å². The van der Waals surface area contributed by atoms with Gasteiger partial charge >= 0.3 is 5.97 Å². The standard InChI is InChI=1S/C20H16ClN3O7S/c1-29-18(25)4-5-23-14-9-15-16(31-7-6-30-15)10-17(14)32-20(23)22-19(26)12-8-11(24(27)28)2-3-13(12)21/h2-3,8-10H,4-7H2,1H3. The Morgan fingerprint density at radius 2 is 1.97 bits per heavy atom. The first-order valence-corrected chi connectivity index (χ1v) is 10.6. The molecule has 32 heavy (non-hydrogen) atoms. The zero-order chi connectivity index (χ0) is 22.8. The Hall–Kier alpha value is -3.44. The van der Waals surface area contributed by atoms with E-state index in [1.807, 2.05) is 0 Å². The monoisotopic (exact) mass is 477 g/mol. The highest BCUT2D eigenvalue weighted by Gasteiger charge is 2.19. The van der Waals surface area contributed by atoms with Crippen LogP contribution in [-0.4, -0.2) is 41.7 Å². The quantitative estimate of drug-likeness (QED) is 0.313. The van der Waals surface area contributed by atoms with Crippen LogP contribution in [0.3, 0.4) is 0 Å². The van der Waals surface area contributed by atoms with Gasteiger partial charge in [0.15, 0.2) is 16.3 Å². The van der Waals surface area contributed by atoms with E-state index in [0.29, 0.717) is 35.0 Å². The van der Waals surface area contributed by atoms with Crippen molar-refractivity contribution in [2.45, 2.75) is 13.0 Å². The molecule has 0 aliphatic carbocycles. The molecule has 0 radical (unpaired) electrons. The Kier molecular flexibility index (Phi) is 6.10. The van der Waals surface area contributed by atoms with Crippen LogP contribution in [0.5, 0.6) is 11.5 Å². The third kappa shape index (κ3) is 4.30. The summed E-state index contributed by atoms with van der Waals surface area (Å²) >= 11 is 7.29. The summed E-state index contributed by atoms with van der Waals surface area (Å²) in [6.45, 7) is 1.03. The number of non-ortho nitro benzene ring substituents is 1. The third-order valence-electron chi connectivity index (χ3n) is 4.70. The Balaban J connectivity index is 1.84. The lowest BCUT2D eigenvalue weighted by Crippen LogP contribution is -2.19. The average molecular weight is 478 g/mol. The molecule has 0 saturated carbocycles. The van der Waals surface area contributed by atoms with Crippen LogP contribution in [0.4, 0.5) is 5.69 Å². The SMILES string of the molecule is COC(=O)CCn1c(=NC(=O)c2cc([N+](=O)[O-])ccc2Cl)sc2cc3c(cc21)OCCO3. The fraction of sp³-hybridized carbons (Fsp3) is 0.250. The lowest BCUT2D eigenvalue weighted by atomic mass is 10.2. The normalized spacial score (nSPS) is 13.2. The van der Waals surface area contributed by atoms with E-state index >= 15 is 0 Å². The molecule has 0 bridgehead atoms. The second kappa shape index (κ2) is 8.97. The van der Waals surface area contributed by atoms with Crippen molar-refractivity contribution >= 4 is 50.7 Å². The molecule has 0 fully saturated rings. The second-order valence-corrected chi connectivity index (χ2v) is 8.08. The number of ether oxygens (including phenoxy) is 3. The fourth-order valence-electron chi connectivity index (χ4n) is 3.15. The van der Waals surface area contributed by atoms with E-state index in [4.69, 9.17) is 25.8 Å². The van der Waals surface area contributed by atoms with Crippen molar-refractivity contribution in [1.82, 2.24) is 4.57 Å². The fourth-order valence-corrected chi connectivity index (χ4v) is 4.41. The molecule has 0 N–H and O–H groups in total. The van der Waals surface area contributed by atoms with Crippen molar-refractivity contribution in [3.05, 3.63) is 55.8 Å². The van der Waals surface area contributed by atoms with Crippen molar-refractivity contribution in [2.24, 2.45) is 4.99 Å². The van der Waals surface area contributed by atoms with E-state index in [0.717, 1.165) is 10.8 Å². The topological polar surface area (TPSA) is 122 Å². The number of esters is 1. The van der Waals surface area contributed by atoms with Crippen LogP contribution in [-0.2, 0) is 16.1 Å². The molecule has 0 spiro atoms. The molecule has 0 saturated heterocycles. The van der Waals surface area contributed by atoms with Gasteiger partial charge in [-0.2, -0.15) is 4.99 Å². The van der Waals surface area contributed by atoms with Crippen LogP contribution in [0.1, 0.15) is 16.8 Å². The number of halogens is 1. The molecule has 12 heteroatoms. The first-order valence-electron chi connectivity index (χ1n) is 9.40. The number of aromatic nitrogens is 1. The minimum atomic E-state index is -0.741. The molecule has 10 nitrogen and oxygen atoms in total. The number of carbonyl (C=O) groups excluding carboxylic acids is 2. The summed E-state index contributed by atoms with van der Waals surface area (Å²) in [5.41, 5.74) is 0.327. The summed E-state index contributed by atoms with van der Waals surface area (Å²) in [6.07, 6.45) is 0.0513. The molecule has 1 aliphatic rings. The predicted octanol–water partition coefficient (Wildman–Crippen LogP) is 3.34. The number of nitro benzene ring substituents is 1. The molecule has 1 aromatic heterocycles. The van der Waals surface area contributed by atoms with Gasteiger partial charge in [0.25, 0.3) is 11.6 Å². The van der Waals surface area contributed by atoms with Gasteiger partial charge in [0, 0.05) is 30.8 Å². The molecular formula is C20H16ClN3O7S. The van der Waals surface area contributed by atoms with E-state index in [1.165, 1.54) is 30.6 Å². The summed E-state index contributed by atoms with van der Waals surface area (Å²) < 4.78 is 18.4. The number of fused-ring (bicyclic) bond motifs is 2. The van der Waals surface area contributed by atoms with E-state index in [2.05, 4.69) is 4.99 Å². The molecule has 2 aromatic carbocycles. The highest BCUT2D eigenvalue weighted by Crippen LogP contribution is 2.35. The first-order chi connectivity index (χ1) is 15.4. The zero-order valence-electron chi connectivity index (χ0n) is 16.7.